The van der Waals surface area contributed by atoms with Crippen LogP contribution in [0.15, 0.2) is 29.2 Å². The highest BCUT2D eigenvalue weighted by Gasteiger charge is 2.24. The summed E-state index contributed by atoms with van der Waals surface area (Å²) < 4.78 is 31.1. The van der Waals surface area contributed by atoms with Crippen LogP contribution in [0.3, 0.4) is 0 Å². The fourth-order valence-corrected chi connectivity index (χ4v) is 2.23. The molecule has 1 rings (SSSR count). The van der Waals surface area contributed by atoms with Crippen LogP contribution in [-0.4, -0.2) is 35.8 Å². The zero-order valence-electron chi connectivity index (χ0n) is 9.02. The molecule has 7 heteroatoms. The fraction of sp³-hybridized carbons (Fsp3) is 0.400. The van der Waals surface area contributed by atoms with Gasteiger partial charge in [-0.25, -0.2) is 0 Å². The summed E-state index contributed by atoms with van der Waals surface area (Å²) in [4.78, 5) is -0.413. The topological polar surface area (TPSA) is 121 Å². The molecule has 0 aliphatic rings. The molecule has 0 amide bonds. The highest BCUT2D eigenvalue weighted by atomic mass is 32.2. The molecule has 2 unspecified atom stereocenters. The van der Waals surface area contributed by atoms with Gasteiger partial charge in [0.15, 0.2) is 0 Å². The Labute approximate surface area is 99.4 Å². The molecule has 0 aliphatic carbocycles. The lowest BCUT2D eigenvalue weighted by atomic mass is 10.0. The first-order chi connectivity index (χ1) is 7.88. The van der Waals surface area contributed by atoms with Crippen LogP contribution in [0.25, 0.3) is 0 Å². The third-order valence-corrected chi connectivity index (χ3v) is 3.27. The van der Waals surface area contributed by atoms with E-state index in [2.05, 4.69) is 0 Å². The number of aliphatic hydroxyl groups is 2. The van der Waals surface area contributed by atoms with Crippen molar-refractivity contribution in [2.45, 2.75) is 23.5 Å². The highest BCUT2D eigenvalue weighted by molar-refractivity contribution is 7.85. The van der Waals surface area contributed by atoms with Crippen molar-refractivity contribution in [3.8, 4) is 0 Å². The Bertz CT molecular complexity index is 473. The molecule has 0 spiro atoms. The Kier molecular flexibility index (Phi) is 4.61. The lowest BCUT2D eigenvalue weighted by Gasteiger charge is -2.19. The Hall–Kier alpha value is -0.990. The molecule has 0 radical (unpaired) electrons. The lowest BCUT2D eigenvalue weighted by molar-refractivity contribution is 0.0133. The zero-order chi connectivity index (χ0) is 13.1. The van der Waals surface area contributed by atoms with E-state index < -0.39 is 27.2 Å². The van der Waals surface area contributed by atoms with Crippen LogP contribution in [0, 0.1) is 0 Å². The number of aliphatic hydroxyl groups excluding tert-OH is 2. The molecule has 1 aromatic carbocycles. The second kappa shape index (κ2) is 5.56. The molecule has 6 nitrogen and oxygen atoms in total. The van der Waals surface area contributed by atoms with Crippen LogP contribution in [0.4, 0.5) is 0 Å². The van der Waals surface area contributed by atoms with Crippen molar-refractivity contribution in [2.24, 2.45) is 5.73 Å². The number of benzene rings is 1. The second-order valence-electron chi connectivity index (χ2n) is 3.60. The smallest absolute Gasteiger partial charge is 0.294 e. The van der Waals surface area contributed by atoms with Crippen molar-refractivity contribution in [2.75, 3.05) is 6.54 Å². The van der Waals surface area contributed by atoms with Crippen LogP contribution in [0.2, 0.25) is 0 Å². The van der Waals surface area contributed by atoms with Crippen molar-refractivity contribution in [1.29, 1.82) is 0 Å². The van der Waals surface area contributed by atoms with E-state index in [1.807, 2.05) is 0 Å². The van der Waals surface area contributed by atoms with Crippen LogP contribution < -0.4 is 5.73 Å². The Morgan fingerprint density at radius 1 is 1.24 bits per heavy atom. The molecule has 0 fully saturated rings. The van der Waals surface area contributed by atoms with Gasteiger partial charge in [-0.3, -0.25) is 4.55 Å². The van der Waals surface area contributed by atoms with Crippen molar-refractivity contribution in [3.05, 3.63) is 29.8 Å². The number of nitrogens with two attached hydrogens (primary N) is 1. The van der Waals surface area contributed by atoms with Gasteiger partial charge in [0.25, 0.3) is 10.1 Å². The minimum Gasteiger partial charge on any atom is -0.390 e. The second-order valence-corrected chi connectivity index (χ2v) is 4.99. The van der Waals surface area contributed by atoms with Crippen LogP contribution in [0.1, 0.15) is 18.1 Å². The van der Waals surface area contributed by atoms with Crippen molar-refractivity contribution >= 4 is 10.1 Å². The summed E-state index contributed by atoms with van der Waals surface area (Å²) in [6.45, 7) is 0.159. The normalized spacial score (nSPS) is 15.5. The van der Waals surface area contributed by atoms with Gasteiger partial charge in [-0.05, 0) is 19.0 Å². The highest BCUT2D eigenvalue weighted by Crippen LogP contribution is 2.25. The first-order valence-corrected chi connectivity index (χ1v) is 6.44. The average molecular weight is 261 g/mol. The summed E-state index contributed by atoms with van der Waals surface area (Å²) in [5.74, 6) is 0. The summed E-state index contributed by atoms with van der Waals surface area (Å²) in [6.07, 6.45) is -2.46. The molecule has 0 saturated carbocycles. The predicted molar refractivity (Wildman–Crippen MR) is 60.9 cm³/mol. The molecule has 17 heavy (non-hydrogen) atoms. The fourth-order valence-electron chi connectivity index (χ4n) is 1.50. The molecule has 1 aromatic rings. The Balaban J connectivity index is 3.14. The van der Waals surface area contributed by atoms with Gasteiger partial charge >= 0.3 is 0 Å². The zero-order valence-corrected chi connectivity index (χ0v) is 9.84. The van der Waals surface area contributed by atoms with Crippen molar-refractivity contribution < 1.29 is 23.2 Å². The maximum atomic E-state index is 11.1. The SMILES string of the molecule is NCCC(O)C(O)c1ccccc1S(=O)(=O)O. The maximum absolute atomic E-state index is 11.1. The minimum absolute atomic E-state index is 0.0454. The molecule has 2 atom stereocenters. The van der Waals surface area contributed by atoms with Crippen LogP contribution in [0.5, 0.6) is 0 Å². The predicted octanol–water partition coefficient (Wildman–Crippen LogP) is -0.324. The summed E-state index contributed by atoms with van der Waals surface area (Å²) in [5.41, 5.74) is 5.18. The van der Waals surface area contributed by atoms with Crippen molar-refractivity contribution in [1.82, 2.24) is 0 Å². The van der Waals surface area contributed by atoms with Gasteiger partial charge in [-0.15, -0.1) is 0 Å². The van der Waals surface area contributed by atoms with Gasteiger partial charge in [-0.2, -0.15) is 8.42 Å². The summed E-state index contributed by atoms with van der Waals surface area (Å²) >= 11 is 0. The van der Waals surface area contributed by atoms with Gasteiger partial charge in [-0.1, -0.05) is 18.2 Å². The summed E-state index contributed by atoms with van der Waals surface area (Å²) in [6, 6.07) is 5.40. The molecule has 0 aliphatic heterocycles. The van der Waals surface area contributed by atoms with E-state index in [9.17, 15) is 18.6 Å². The van der Waals surface area contributed by atoms with E-state index >= 15 is 0 Å². The number of hydrogen-bond acceptors (Lipinski definition) is 5. The van der Waals surface area contributed by atoms with E-state index in [1.54, 1.807) is 0 Å². The quantitative estimate of drug-likeness (QED) is 0.539. The van der Waals surface area contributed by atoms with Gasteiger partial charge in [0.05, 0.1) is 11.0 Å². The summed E-state index contributed by atoms with van der Waals surface area (Å²) in [7, 11) is -4.43. The lowest BCUT2D eigenvalue weighted by Crippen LogP contribution is -2.23. The average Bonchev–Trinajstić information content (AvgIpc) is 2.27. The van der Waals surface area contributed by atoms with Crippen LogP contribution in [-0.2, 0) is 10.1 Å². The van der Waals surface area contributed by atoms with Gasteiger partial charge < -0.3 is 15.9 Å². The van der Waals surface area contributed by atoms with E-state index in [4.69, 9.17) is 10.3 Å². The third-order valence-electron chi connectivity index (χ3n) is 2.34. The van der Waals surface area contributed by atoms with Gasteiger partial charge in [0.1, 0.15) is 6.10 Å². The van der Waals surface area contributed by atoms with E-state index in [0.717, 1.165) is 6.07 Å². The molecule has 0 heterocycles. The molecule has 0 saturated heterocycles. The van der Waals surface area contributed by atoms with Gasteiger partial charge in [0, 0.05) is 5.56 Å². The van der Waals surface area contributed by atoms with E-state index in [-0.39, 0.29) is 18.5 Å². The third kappa shape index (κ3) is 3.48. The van der Waals surface area contributed by atoms with Crippen LogP contribution >= 0.6 is 0 Å². The van der Waals surface area contributed by atoms with E-state index in [0.29, 0.717) is 0 Å². The Morgan fingerprint density at radius 3 is 2.35 bits per heavy atom. The molecule has 96 valence electrons. The first-order valence-electron chi connectivity index (χ1n) is 5.00. The summed E-state index contributed by atoms with van der Waals surface area (Å²) in [5, 5.41) is 19.3. The molecule has 0 aromatic heterocycles. The molecular formula is C10H15NO5S. The first kappa shape index (κ1) is 14.1. The number of hydrogen-bond donors (Lipinski definition) is 4. The van der Waals surface area contributed by atoms with E-state index in [1.165, 1.54) is 18.2 Å². The molecule has 5 N–H and O–H groups in total. The largest absolute Gasteiger partial charge is 0.390 e. The number of rotatable bonds is 5. The van der Waals surface area contributed by atoms with Gasteiger partial charge in [0.2, 0.25) is 0 Å². The maximum Gasteiger partial charge on any atom is 0.294 e. The molecular weight excluding hydrogens is 246 g/mol. The molecule has 0 bridgehead atoms. The Morgan fingerprint density at radius 2 is 1.82 bits per heavy atom. The minimum atomic E-state index is -4.43. The van der Waals surface area contributed by atoms with Crippen molar-refractivity contribution in [3.63, 3.8) is 0 Å². The standard InChI is InChI=1S/C10H15NO5S/c11-6-5-8(12)10(13)7-3-1-2-4-9(7)17(14,15)16/h1-4,8,10,12-13H,5-6,11H2,(H,14,15,16). The monoisotopic (exact) mass is 261 g/mol.